The highest BCUT2D eigenvalue weighted by molar-refractivity contribution is 7.86. The van der Waals surface area contributed by atoms with E-state index < -0.39 is 57.7 Å². The van der Waals surface area contributed by atoms with E-state index in [9.17, 15) is 43.7 Å². The predicted molar refractivity (Wildman–Crippen MR) is 238 cm³/mol. The quantitative estimate of drug-likeness (QED) is 0.100. The van der Waals surface area contributed by atoms with Crippen LogP contribution in [0.1, 0.15) is 104 Å². The number of carbonyl (C=O) groups excluding carboxylic acids is 1. The van der Waals surface area contributed by atoms with Gasteiger partial charge in [-0.2, -0.15) is 4.58 Å². The van der Waals surface area contributed by atoms with Gasteiger partial charge in [-0.25, -0.2) is 25.3 Å². The number of allylic oxidation sites excluding steroid dienone is 9. The molecule has 0 fully saturated rings. The highest BCUT2D eigenvalue weighted by Crippen LogP contribution is 2.48. The topological polar surface area (TPSA) is 216 Å². The molecule has 0 radical (unpaired) electrons. The van der Waals surface area contributed by atoms with Gasteiger partial charge in [0.15, 0.2) is 5.71 Å². The average molecular weight is 912 g/mol. The number of ether oxygens (including phenoxy) is 1. The molecule has 2 aromatic rings. The number of hydrogen-bond donors (Lipinski definition) is 1. The molecular weight excluding hydrogens is 855 g/mol. The molecule has 1 amide bonds. The van der Waals surface area contributed by atoms with Crippen LogP contribution in [0.3, 0.4) is 0 Å². The van der Waals surface area contributed by atoms with Crippen molar-refractivity contribution < 1.29 is 53.0 Å². The molecule has 0 aromatic heterocycles. The molecule has 0 saturated heterocycles. The molecule has 3 heterocycles. The number of amides is 1. The van der Waals surface area contributed by atoms with E-state index >= 15 is 0 Å². The molecule has 0 saturated carbocycles. The monoisotopic (exact) mass is 911 g/mol. The molecule has 14 nitrogen and oxygen atoms in total. The zero-order chi connectivity index (χ0) is 46.1. The zero-order valence-electron chi connectivity index (χ0n) is 36.6. The molecule has 1 atom stereocenters. The van der Waals surface area contributed by atoms with Crippen molar-refractivity contribution in [1.29, 1.82) is 0 Å². The van der Waals surface area contributed by atoms with Crippen LogP contribution < -0.4 is 15.0 Å². The molecule has 62 heavy (non-hydrogen) atoms. The van der Waals surface area contributed by atoms with Crippen molar-refractivity contribution in [3.8, 4) is 5.75 Å². The van der Waals surface area contributed by atoms with E-state index in [0.717, 1.165) is 33.7 Å². The number of fused-ring (bicyclic) bond motifs is 3. The number of rotatable bonds is 17. The van der Waals surface area contributed by atoms with Crippen LogP contribution in [0.5, 0.6) is 5.75 Å². The number of anilines is 1. The van der Waals surface area contributed by atoms with Crippen LogP contribution >= 0.6 is 0 Å². The first-order valence-corrected chi connectivity index (χ1v) is 25.2. The van der Waals surface area contributed by atoms with E-state index in [1.54, 1.807) is 6.08 Å². The Hall–Kier alpha value is -4.39. The Morgan fingerprint density at radius 1 is 0.903 bits per heavy atom. The molecule has 0 bridgehead atoms. The highest BCUT2D eigenvalue weighted by Gasteiger charge is 2.47. The van der Waals surface area contributed by atoms with Crippen LogP contribution in [0.15, 0.2) is 83.5 Å². The molecule has 1 N–H and O–H groups in total. The molecule has 0 aliphatic carbocycles. The van der Waals surface area contributed by atoms with Crippen molar-refractivity contribution in [3.63, 3.8) is 0 Å². The van der Waals surface area contributed by atoms with Gasteiger partial charge in [0.2, 0.25) is 11.6 Å². The SMILES string of the molecule is CCNC(=O)CCCC1(C)C(/C=C/C=C/C=C2\C=C(C(C)(C)C)Oc3cc4c(cc32)C(C)=CC(C)(C)N4CCCS(=O)(=O)[O-])=[N+](CCCS(=O)(=O)[O-])c2ccc(S(=O)(=O)[O-])cc21. The Balaban J connectivity index is 1.57. The number of hydrogen-bond acceptors (Lipinski definition) is 12. The molecule has 0 spiro atoms. The van der Waals surface area contributed by atoms with Crippen molar-refractivity contribution in [2.24, 2.45) is 5.41 Å². The molecule has 3 aliphatic heterocycles. The maximum atomic E-state index is 12.4. The summed E-state index contributed by atoms with van der Waals surface area (Å²) in [4.78, 5) is 14.1. The fraction of sp³-hybridized carbons (Fsp3) is 0.467. The summed E-state index contributed by atoms with van der Waals surface area (Å²) in [6.07, 6.45) is 14.5. The second-order valence-corrected chi connectivity index (χ2v) is 22.2. The maximum absolute atomic E-state index is 12.4. The van der Waals surface area contributed by atoms with Crippen LogP contribution in [-0.4, -0.2) is 91.8 Å². The molecule has 2 aromatic carbocycles. The van der Waals surface area contributed by atoms with Crippen LogP contribution in [0.25, 0.3) is 11.1 Å². The third kappa shape index (κ3) is 11.6. The van der Waals surface area contributed by atoms with E-state index in [4.69, 9.17) is 4.74 Å². The smallest absolute Gasteiger partial charge is 0.219 e. The molecule has 338 valence electrons. The summed E-state index contributed by atoms with van der Waals surface area (Å²) in [5.41, 5.74) is 4.56. The first-order valence-electron chi connectivity index (χ1n) is 20.6. The van der Waals surface area contributed by atoms with Gasteiger partial charge in [0.1, 0.15) is 28.2 Å². The Bertz CT molecular complexity index is 2630. The number of carbonyl (C=O) groups is 1. The van der Waals surface area contributed by atoms with Gasteiger partial charge in [0, 0.05) is 83.4 Å². The van der Waals surface area contributed by atoms with Crippen molar-refractivity contribution in [2.75, 3.05) is 36.0 Å². The lowest BCUT2D eigenvalue weighted by Gasteiger charge is -2.44. The van der Waals surface area contributed by atoms with E-state index in [1.807, 2.05) is 96.4 Å². The summed E-state index contributed by atoms with van der Waals surface area (Å²) in [5, 5.41) is 2.78. The van der Waals surface area contributed by atoms with E-state index in [-0.39, 0.29) is 37.1 Å². The molecule has 1 unspecified atom stereocenters. The first-order chi connectivity index (χ1) is 28.6. The number of nitrogens with one attached hydrogen (secondary N) is 1. The van der Waals surface area contributed by atoms with Gasteiger partial charge in [-0.3, -0.25) is 4.79 Å². The predicted octanol–water partition coefficient (Wildman–Crippen LogP) is 6.64. The summed E-state index contributed by atoms with van der Waals surface area (Å²) in [6.45, 7) is 16.9. The molecule has 5 rings (SSSR count). The van der Waals surface area contributed by atoms with E-state index in [0.29, 0.717) is 48.6 Å². The van der Waals surface area contributed by atoms with E-state index in [1.165, 1.54) is 18.2 Å². The van der Waals surface area contributed by atoms with Crippen molar-refractivity contribution in [2.45, 2.75) is 103 Å². The van der Waals surface area contributed by atoms with Gasteiger partial charge < -0.3 is 28.6 Å². The normalized spacial score (nSPS) is 19.7. The third-order valence-electron chi connectivity index (χ3n) is 11.4. The Morgan fingerprint density at radius 3 is 2.21 bits per heavy atom. The second-order valence-electron chi connectivity index (χ2n) is 17.8. The number of benzene rings is 2. The molecule has 3 aliphatic rings. The molecular formula is C45H57N3O11S3-2. The minimum Gasteiger partial charge on any atom is -0.748 e. The lowest BCUT2D eigenvalue weighted by atomic mass is 9.75. The zero-order valence-corrected chi connectivity index (χ0v) is 39.1. The number of nitrogens with zero attached hydrogens (tertiary/aromatic N) is 2. The van der Waals surface area contributed by atoms with Gasteiger partial charge in [-0.1, -0.05) is 51.2 Å². The fourth-order valence-electron chi connectivity index (χ4n) is 8.45. The van der Waals surface area contributed by atoms with Gasteiger partial charge in [-0.05, 0) is 89.3 Å². The van der Waals surface area contributed by atoms with Crippen LogP contribution in [0.2, 0.25) is 0 Å². The molecule has 17 heteroatoms. The van der Waals surface area contributed by atoms with Gasteiger partial charge >= 0.3 is 0 Å². The summed E-state index contributed by atoms with van der Waals surface area (Å²) in [6, 6.07) is 8.11. The summed E-state index contributed by atoms with van der Waals surface area (Å²) >= 11 is 0. The minimum absolute atomic E-state index is 0.0132. The average Bonchev–Trinajstić information content (AvgIpc) is 3.36. The Kier molecular flexibility index (Phi) is 14.4. The van der Waals surface area contributed by atoms with Gasteiger partial charge in [-0.15, -0.1) is 0 Å². The first kappa shape index (κ1) is 48.6. The van der Waals surface area contributed by atoms with Crippen LogP contribution in [-0.2, 0) is 40.6 Å². The van der Waals surface area contributed by atoms with Gasteiger partial charge in [0.05, 0.1) is 36.1 Å². The largest absolute Gasteiger partial charge is 0.748 e. The van der Waals surface area contributed by atoms with Crippen LogP contribution in [0, 0.1) is 5.41 Å². The summed E-state index contributed by atoms with van der Waals surface area (Å²) in [5.74, 6) is 0.124. The van der Waals surface area contributed by atoms with Crippen LogP contribution in [0.4, 0.5) is 11.4 Å². The van der Waals surface area contributed by atoms with Crippen molar-refractivity contribution in [3.05, 3.63) is 95.3 Å². The maximum Gasteiger partial charge on any atom is 0.219 e. The van der Waals surface area contributed by atoms with Gasteiger partial charge in [0.25, 0.3) is 0 Å². The van der Waals surface area contributed by atoms with Crippen molar-refractivity contribution >= 4 is 64.5 Å². The Morgan fingerprint density at radius 2 is 1.58 bits per heavy atom. The third-order valence-corrected chi connectivity index (χ3v) is 13.8. The fourth-order valence-corrected chi connectivity index (χ4v) is 9.91. The lowest BCUT2D eigenvalue weighted by Crippen LogP contribution is -2.46. The minimum atomic E-state index is -4.83. The Labute approximate surface area is 367 Å². The summed E-state index contributed by atoms with van der Waals surface area (Å²) < 4.78 is 114. The highest BCUT2D eigenvalue weighted by atomic mass is 32.2. The lowest BCUT2D eigenvalue weighted by molar-refractivity contribution is -0.437. The summed E-state index contributed by atoms with van der Waals surface area (Å²) in [7, 11) is -13.7. The van der Waals surface area contributed by atoms with E-state index in [2.05, 4.69) is 22.4 Å². The van der Waals surface area contributed by atoms with Crippen molar-refractivity contribution in [1.82, 2.24) is 5.32 Å². The second kappa shape index (κ2) is 18.4. The standard InChI is InChI=1S/C45H59N3O11S3/c1-9-46-42(49)18-13-21-45(8)36-27-33(62(56,57)58)19-20-37(36)47(22-14-24-60(50,51)52)40(45)17-12-10-11-16-32-26-41(43(3,4)5)59-39-29-38-34(28-35(32)39)31(2)30-44(6,7)48(38)23-15-25-61(53,54)55/h10-12,16-17,19-20,26-30H,9,13-15,18,21-25H2,1-8H3,(H3-,46,49,50,51,52,53,54,55,56,57,58)/p-2.